The Morgan fingerprint density at radius 1 is 1.64 bits per heavy atom. The summed E-state index contributed by atoms with van der Waals surface area (Å²) in [6.07, 6.45) is 1.36. The van der Waals surface area contributed by atoms with E-state index in [1.807, 2.05) is 0 Å². The number of carbonyl (C=O) groups is 1. The topological polar surface area (TPSA) is 83.5 Å². The second-order valence-corrected chi connectivity index (χ2v) is 2.42. The lowest BCUT2D eigenvalue weighted by Crippen LogP contribution is -2.31. The van der Waals surface area contributed by atoms with E-state index in [9.17, 15) is 13.2 Å². The molecule has 0 bridgehead atoms. The first-order valence-electron chi connectivity index (χ1n) is 2.64. The fourth-order valence-corrected chi connectivity index (χ4v) is 0.714. The average Bonchev–Trinajstić information content (AvgIpc) is 1.87. The van der Waals surface area contributed by atoms with Crippen LogP contribution in [0.2, 0.25) is 0 Å². The molecule has 5 nitrogen and oxygen atoms in total. The normalized spacial score (nSPS) is 8.73. The largest absolute Gasteiger partial charge is 0.476 e. The highest BCUT2D eigenvalue weighted by molar-refractivity contribution is 7.74. The van der Waals surface area contributed by atoms with Crippen molar-refractivity contribution < 1.29 is 18.3 Å². The van der Waals surface area contributed by atoms with Crippen LogP contribution in [-0.2, 0) is 15.1 Å². The molecule has 0 unspecified atom stereocenters. The Labute approximate surface area is 64.9 Å². The summed E-state index contributed by atoms with van der Waals surface area (Å²) in [6, 6.07) is 0. The third-order valence-corrected chi connectivity index (χ3v) is 1.42. The molecule has 11 heavy (non-hydrogen) atoms. The van der Waals surface area contributed by atoms with E-state index in [1.165, 1.54) is 6.08 Å². The van der Waals surface area contributed by atoms with E-state index < -0.39 is 21.3 Å². The second-order valence-electron chi connectivity index (χ2n) is 1.54. The number of hydrogen-bond acceptors (Lipinski definition) is 3. The zero-order chi connectivity index (χ0) is 8.85. The van der Waals surface area contributed by atoms with Crippen molar-refractivity contribution in [1.82, 2.24) is 5.32 Å². The van der Waals surface area contributed by atoms with Gasteiger partial charge in [0.05, 0.1) is 0 Å². The van der Waals surface area contributed by atoms with Crippen molar-refractivity contribution in [1.29, 1.82) is 0 Å². The molecule has 0 amide bonds. The summed E-state index contributed by atoms with van der Waals surface area (Å²) < 4.78 is 20.3. The fourth-order valence-electron chi connectivity index (χ4n) is 0.371. The van der Waals surface area contributed by atoms with E-state index in [2.05, 4.69) is 11.9 Å². The lowest BCUT2D eigenvalue weighted by Gasteiger charge is -1.94. The number of rotatable bonds is 2. The molecule has 0 spiro atoms. The van der Waals surface area contributed by atoms with Gasteiger partial charge < -0.3 is 5.11 Å². The van der Waals surface area contributed by atoms with E-state index in [0.717, 1.165) is 0 Å². The number of nitrogens with one attached hydrogen (secondary N) is 1. The highest BCUT2D eigenvalue weighted by Crippen LogP contribution is 1.69. The molecule has 0 aromatic carbocycles. The molecule has 0 aromatic rings. The molecule has 2 N–H and O–H groups in total. The number of aliphatic carboxylic acids is 1. The molecule has 0 saturated heterocycles. The van der Waals surface area contributed by atoms with Gasteiger partial charge in [0.1, 0.15) is 0 Å². The van der Waals surface area contributed by atoms with Crippen LogP contribution in [0.1, 0.15) is 0 Å². The summed E-state index contributed by atoms with van der Waals surface area (Å²) in [7, 11) is -2.73. The van der Waals surface area contributed by atoms with E-state index in [1.54, 1.807) is 0 Å². The van der Waals surface area contributed by atoms with Gasteiger partial charge in [-0.05, 0) is 0 Å². The van der Waals surface area contributed by atoms with Crippen LogP contribution in [0, 0.1) is 0 Å². The van der Waals surface area contributed by atoms with Crippen LogP contribution in [0.3, 0.4) is 0 Å². The third-order valence-electron chi connectivity index (χ3n) is 0.768. The maximum Gasteiger partial charge on any atom is 0.362 e. The summed E-state index contributed by atoms with van der Waals surface area (Å²) >= 11 is 0. The highest BCUT2D eigenvalue weighted by atomic mass is 32.2. The van der Waals surface area contributed by atoms with Crippen molar-refractivity contribution >= 4 is 21.3 Å². The molecule has 0 heterocycles. The van der Waals surface area contributed by atoms with E-state index >= 15 is 0 Å². The molecular weight excluding hydrogens is 170 g/mol. The van der Waals surface area contributed by atoms with Crippen molar-refractivity contribution in [3.05, 3.63) is 12.7 Å². The molecule has 0 fully saturated rings. The van der Waals surface area contributed by atoms with Gasteiger partial charge in [-0.15, -0.1) is 6.58 Å². The van der Waals surface area contributed by atoms with Gasteiger partial charge in [-0.1, -0.05) is 6.08 Å². The monoisotopic (exact) mass is 177 g/mol. The van der Waals surface area contributed by atoms with E-state index in [-0.39, 0.29) is 6.54 Å². The summed E-state index contributed by atoms with van der Waals surface area (Å²) in [5, 5.41) is 10.4. The maximum absolute atomic E-state index is 10.1. The minimum atomic E-state index is -2.73. The van der Waals surface area contributed by atoms with E-state index in [4.69, 9.17) is 5.11 Å². The van der Waals surface area contributed by atoms with Crippen LogP contribution in [0.25, 0.3) is 0 Å². The van der Waals surface area contributed by atoms with Gasteiger partial charge in [0.25, 0.3) is 0 Å². The number of carboxylic acid groups (broad SMARTS) is 1. The molecule has 6 heteroatoms. The number of carboxylic acids is 1. The first-order valence-corrected chi connectivity index (χ1v) is 3.71. The van der Waals surface area contributed by atoms with Crippen molar-refractivity contribution in [2.45, 2.75) is 0 Å². The molecule has 0 aromatic heterocycles. The Morgan fingerprint density at radius 3 is 2.45 bits per heavy atom. The fraction of sp³-hybridized carbons (Fsp3) is 0.200. The molecule has 0 aliphatic carbocycles. The van der Waals surface area contributed by atoms with Crippen LogP contribution in [0.15, 0.2) is 12.7 Å². The molecule has 0 aliphatic rings. The Balaban J connectivity index is 4.53. The molecule has 62 valence electrons. The van der Waals surface area contributed by atoms with Crippen LogP contribution in [-0.4, -0.2) is 31.0 Å². The summed E-state index contributed by atoms with van der Waals surface area (Å²) in [5.41, 5.74) is 0. The number of hydrogen-bond donors (Lipinski definition) is 2. The van der Waals surface area contributed by atoms with Gasteiger partial charge in [-0.3, -0.25) is 5.32 Å². The Kier molecular flexibility index (Phi) is 4.16. The van der Waals surface area contributed by atoms with Gasteiger partial charge in [0.15, 0.2) is 0 Å². The first kappa shape index (κ1) is 9.86. The van der Waals surface area contributed by atoms with E-state index in [0.29, 0.717) is 0 Å². The Morgan fingerprint density at radius 2 is 2.18 bits per heavy atom. The standard InChI is InChI=1S/C5H7NO4S/c1-2-3-6-4(5(7)8)11(9)10/h2,6H,1,3H2,(H,7,8). The van der Waals surface area contributed by atoms with Crippen molar-refractivity contribution in [3.8, 4) is 0 Å². The van der Waals surface area contributed by atoms with Gasteiger partial charge in [0, 0.05) is 6.54 Å². The minimum Gasteiger partial charge on any atom is -0.476 e. The summed E-state index contributed by atoms with van der Waals surface area (Å²) in [5.74, 6) is -1.50. The first-order chi connectivity index (χ1) is 5.09. The lowest BCUT2D eigenvalue weighted by molar-refractivity contribution is -0.129. The van der Waals surface area contributed by atoms with Gasteiger partial charge >= 0.3 is 5.97 Å². The quantitative estimate of drug-likeness (QED) is 0.411. The second kappa shape index (κ2) is 4.64. The smallest absolute Gasteiger partial charge is 0.362 e. The summed E-state index contributed by atoms with van der Waals surface area (Å²) in [6.45, 7) is 3.39. The van der Waals surface area contributed by atoms with Crippen LogP contribution >= 0.6 is 0 Å². The molecule has 0 aliphatic heterocycles. The van der Waals surface area contributed by atoms with Gasteiger partial charge in [-0.25, -0.2) is 4.79 Å². The predicted molar refractivity (Wildman–Crippen MR) is 39.8 cm³/mol. The molecule has 0 rings (SSSR count). The molecule has 0 saturated carbocycles. The zero-order valence-electron chi connectivity index (χ0n) is 5.57. The molecule has 0 radical (unpaired) electrons. The summed E-state index contributed by atoms with van der Waals surface area (Å²) in [4.78, 5) is 9.37. The SMILES string of the molecule is C=CCNC(C(=O)O)=S(=O)=O. The van der Waals surface area contributed by atoms with Crippen LogP contribution < -0.4 is 5.32 Å². The predicted octanol–water partition coefficient (Wildman–Crippen LogP) is -1.14. The minimum absolute atomic E-state index is 0.107. The third kappa shape index (κ3) is 3.54. The van der Waals surface area contributed by atoms with Gasteiger partial charge in [-0.2, -0.15) is 8.42 Å². The Hall–Kier alpha value is -1.14. The molecular formula is C5H7NO4S. The zero-order valence-corrected chi connectivity index (χ0v) is 6.39. The van der Waals surface area contributed by atoms with Crippen LogP contribution in [0.4, 0.5) is 0 Å². The van der Waals surface area contributed by atoms with Crippen LogP contribution in [0.5, 0.6) is 0 Å². The van der Waals surface area contributed by atoms with Gasteiger partial charge in [0.2, 0.25) is 15.3 Å². The average molecular weight is 177 g/mol. The maximum atomic E-state index is 10.1. The molecule has 0 atom stereocenters. The van der Waals surface area contributed by atoms with Crippen molar-refractivity contribution in [2.24, 2.45) is 0 Å². The Bertz CT molecular complexity index is 282. The van der Waals surface area contributed by atoms with Crippen molar-refractivity contribution in [3.63, 3.8) is 0 Å². The lowest BCUT2D eigenvalue weighted by atomic mass is 10.6. The van der Waals surface area contributed by atoms with Crippen molar-refractivity contribution in [2.75, 3.05) is 6.54 Å². The highest BCUT2D eigenvalue weighted by Gasteiger charge is 2.08.